The predicted octanol–water partition coefficient (Wildman–Crippen LogP) is 2.00. The van der Waals surface area contributed by atoms with Crippen molar-refractivity contribution in [2.24, 2.45) is 0 Å². The van der Waals surface area contributed by atoms with Crippen molar-refractivity contribution in [3.8, 4) is 6.07 Å². The summed E-state index contributed by atoms with van der Waals surface area (Å²) in [5.74, 6) is -0.441. The van der Waals surface area contributed by atoms with Crippen molar-refractivity contribution in [2.75, 3.05) is 30.3 Å². The number of hydrogen-bond donors (Lipinski definition) is 3. The number of likely N-dealkylation sites (N-methyl/N-ethyl adjacent to an activating group) is 1. The largest absolute Gasteiger partial charge is 0.321 e. The van der Waals surface area contributed by atoms with Gasteiger partial charge in [0.1, 0.15) is 6.07 Å². The van der Waals surface area contributed by atoms with Crippen LogP contribution in [0.25, 0.3) is 0 Å². The van der Waals surface area contributed by atoms with Crippen LogP contribution in [0.3, 0.4) is 0 Å². The summed E-state index contributed by atoms with van der Waals surface area (Å²) in [6.07, 6.45) is 0. The Hall–Kier alpha value is -2.88. The fourth-order valence-electron chi connectivity index (χ4n) is 2.57. The van der Waals surface area contributed by atoms with Crippen LogP contribution < -0.4 is 15.5 Å². The van der Waals surface area contributed by atoms with Crippen molar-refractivity contribution in [1.29, 1.82) is 5.26 Å². The van der Waals surface area contributed by atoms with E-state index in [-0.39, 0.29) is 24.9 Å². The van der Waals surface area contributed by atoms with Crippen molar-refractivity contribution in [3.05, 3.63) is 58.6 Å². The molecule has 0 heterocycles. The number of benzene rings is 2. The molecule has 0 aliphatic heterocycles. The van der Waals surface area contributed by atoms with Gasteiger partial charge in [0, 0.05) is 10.7 Å². The van der Waals surface area contributed by atoms with Crippen LogP contribution in [0.15, 0.2) is 42.5 Å². The van der Waals surface area contributed by atoms with E-state index >= 15 is 0 Å². The van der Waals surface area contributed by atoms with Gasteiger partial charge in [0.2, 0.25) is 0 Å². The average molecular weight is 386 g/mol. The molecule has 2 aromatic rings. The molecule has 0 aliphatic carbocycles. The summed E-state index contributed by atoms with van der Waals surface area (Å²) in [6, 6.07) is 14.1. The van der Waals surface area contributed by atoms with Crippen LogP contribution >= 0.6 is 11.6 Å². The molecule has 0 aliphatic rings. The van der Waals surface area contributed by atoms with Gasteiger partial charge in [-0.1, -0.05) is 29.8 Å². The molecule has 6 nitrogen and oxygen atoms in total. The third-order valence-electron chi connectivity index (χ3n) is 4.12. The van der Waals surface area contributed by atoms with Crippen LogP contribution in [-0.2, 0) is 9.59 Å². The van der Waals surface area contributed by atoms with Crippen LogP contribution in [0.4, 0.5) is 11.4 Å². The van der Waals surface area contributed by atoms with Crippen LogP contribution in [0.1, 0.15) is 18.1 Å². The number of carbonyl (C=O) groups is 2. The molecule has 0 aromatic heterocycles. The fraction of sp³-hybridized carbons (Fsp3) is 0.250. The van der Waals surface area contributed by atoms with Gasteiger partial charge >= 0.3 is 0 Å². The van der Waals surface area contributed by atoms with Gasteiger partial charge in [-0.05, 0) is 43.7 Å². The van der Waals surface area contributed by atoms with Crippen molar-refractivity contribution >= 4 is 34.8 Å². The number of nitrogens with zero attached hydrogens (tertiary/aromatic N) is 1. The second-order valence-corrected chi connectivity index (χ2v) is 6.61. The van der Waals surface area contributed by atoms with E-state index in [2.05, 4.69) is 10.6 Å². The second-order valence-electron chi connectivity index (χ2n) is 6.17. The summed E-state index contributed by atoms with van der Waals surface area (Å²) in [6.45, 7) is 4.67. The molecule has 7 heteroatoms. The molecule has 0 fully saturated rings. The first kappa shape index (κ1) is 20.4. The summed E-state index contributed by atoms with van der Waals surface area (Å²) in [4.78, 5) is 25.4. The van der Waals surface area contributed by atoms with Gasteiger partial charge in [-0.3, -0.25) is 9.59 Å². The molecular formula is C20H22ClN4O2+. The molecule has 140 valence electrons. The lowest BCUT2D eigenvalue weighted by Gasteiger charge is -2.17. The van der Waals surface area contributed by atoms with Crippen molar-refractivity contribution in [1.82, 2.24) is 0 Å². The second kappa shape index (κ2) is 9.72. The zero-order valence-corrected chi connectivity index (χ0v) is 16.1. The van der Waals surface area contributed by atoms with Gasteiger partial charge in [-0.2, -0.15) is 5.26 Å². The van der Waals surface area contributed by atoms with Crippen LogP contribution in [0, 0.1) is 18.3 Å². The third-order valence-corrected chi connectivity index (χ3v) is 4.35. The van der Waals surface area contributed by atoms with E-state index in [1.165, 1.54) is 0 Å². The van der Waals surface area contributed by atoms with E-state index in [9.17, 15) is 9.59 Å². The SMILES string of the molecule is CC[NH+](CC(=O)Nc1cc(Cl)ccc1C)CC(=O)Nc1ccccc1C#N. The Kier molecular flexibility index (Phi) is 7.35. The molecule has 0 bridgehead atoms. The fourth-order valence-corrected chi connectivity index (χ4v) is 2.75. The predicted molar refractivity (Wildman–Crippen MR) is 106 cm³/mol. The first-order valence-corrected chi connectivity index (χ1v) is 8.99. The Morgan fingerprint density at radius 2 is 1.70 bits per heavy atom. The number of rotatable bonds is 7. The lowest BCUT2D eigenvalue weighted by atomic mass is 10.2. The maximum absolute atomic E-state index is 12.3. The van der Waals surface area contributed by atoms with E-state index in [1.54, 1.807) is 36.4 Å². The van der Waals surface area contributed by atoms with Gasteiger partial charge < -0.3 is 15.5 Å². The Bertz CT molecular complexity index is 877. The van der Waals surface area contributed by atoms with E-state index < -0.39 is 0 Å². The standard InChI is InChI=1S/C20H21ClN4O2/c1-3-25(12-19(26)23-17-7-5-4-6-15(17)11-22)13-20(27)24-18-10-16(21)9-8-14(18)2/h4-10H,3,12-13H2,1-2H3,(H,23,26)(H,24,27)/p+1. The zero-order chi connectivity index (χ0) is 19.8. The summed E-state index contributed by atoms with van der Waals surface area (Å²) < 4.78 is 0. The van der Waals surface area contributed by atoms with Crippen LogP contribution in [0.2, 0.25) is 5.02 Å². The first-order valence-electron chi connectivity index (χ1n) is 8.61. The highest BCUT2D eigenvalue weighted by Gasteiger charge is 2.18. The molecule has 2 aromatic carbocycles. The Morgan fingerprint density at radius 1 is 1.07 bits per heavy atom. The van der Waals surface area contributed by atoms with Gasteiger partial charge in [-0.25, -0.2) is 0 Å². The topological polar surface area (TPSA) is 86.4 Å². The lowest BCUT2D eigenvalue weighted by molar-refractivity contribution is -0.881. The molecule has 1 atom stereocenters. The number of amides is 2. The monoisotopic (exact) mass is 385 g/mol. The number of halogens is 1. The van der Waals surface area contributed by atoms with E-state index in [0.29, 0.717) is 28.5 Å². The molecular weight excluding hydrogens is 364 g/mol. The molecule has 0 radical (unpaired) electrons. The normalized spacial score (nSPS) is 11.3. The molecule has 3 N–H and O–H groups in total. The summed E-state index contributed by atoms with van der Waals surface area (Å²) >= 11 is 5.97. The molecule has 2 amide bonds. The molecule has 27 heavy (non-hydrogen) atoms. The number of nitrogens with one attached hydrogen (secondary N) is 3. The third kappa shape index (κ3) is 6.10. The van der Waals surface area contributed by atoms with Gasteiger partial charge in [-0.15, -0.1) is 0 Å². The minimum atomic E-state index is -0.249. The zero-order valence-electron chi connectivity index (χ0n) is 15.3. The molecule has 2 rings (SSSR count). The number of hydrogen-bond acceptors (Lipinski definition) is 3. The Labute approximate surface area is 163 Å². The maximum atomic E-state index is 12.3. The van der Waals surface area contributed by atoms with Gasteiger partial charge in [0.15, 0.2) is 13.1 Å². The number of aryl methyl sites for hydroxylation is 1. The van der Waals surface area contributed by atoms with Crippen molar-refractivity contribution < 1.29 is 14.5 Å². The Balaban J connectivity index is 1.94. The summed E-state index contributed by atoms with van der Waals surface area (Å²) in [5.41, 5.74) is 2.45. The number of carbonyl (C=O) groups excluding carboxylic acids is 2. The van der Waals surface area contributed by atoms with Crippen molar-refractivity contribution in [3.63, 3.8) is 0 Å². The first-order chi connectivity index (χ1) is 12.9. The maximum Gasteiger partial charge on any atom is 0.279 e. The number of nitriles is 1. The molecule has 1 unspecified atom stereocenters. The molecule has 0 saturated carbocycles. The van der Waals surface area contributed by atoms with Gasteiger partial charge in [0.25, 0.3) is 11.8 Å². The lowest BCUT2D eigenvalue weighted by Crippen LogP contribution is -3.13. The average Bonchev–Trinajstić information content (AvgIpc) is 2.64. The van der Waals surface area contributed by atoms with Crippen molar-refractivity contribution in [2.45, 2.75) is 13.8 Å². The number of para-hydroxylation sites is 1. The minimum Gasteiger partial charge on any atom is -0.321 e. The summed E-state index contributed by atoms with van der Waals surface area (Å²) in [7, 11) is 0. The smallest absolute Gasteiger partial charge is 0.279 e. The van der Waals surface area contributed by atoms with Crippen LogP contribution in [-0.4, -0.2) is 31.4 Å². The molecule has 0 saturated heterocycles. The van der Waals surface area contributed by atoms with E-state index in [4.69, 9.17) is 16.9 Å². The quantitative estimate of drug-likeness (QED) is 0.681. The highest BCUT2D eigenvalue weighted by molar-refractivity contribution is 6.31. The summed E-state index contributed by atoms with van der Waals surface area (Å²) in [5, 5.41) is 15.2. The van der Waals surface area contributed by atoms with E-state index in [1.807, 2.05) is 26.0 Å². The number of anilines is 2. The highest BCUT2D eigenvalue weighted by atomic mass is 35.5. The highest BCUT2D eigenvalue weighted by Crippen LogP contribution is 2.19. The van der Waals surface area contributed by atoms with Crippen LogP contribution in [0.5, 0.6) is 0 Å². The molecule has 0 spiro atoms. The van der Waals surface area contributed by atoms with Gasteiger partial charge in [0.05, 0.1) is 17.8 Å². The Morgan fingerprint density at radius 3 is 2.33 bits per heavy atom. The minimum absolute atomic E-state index is 0.123. The number of quaternary nitrogens is 1. The van der Waals surface area contributed by atoms with E-state index in [0.717, 1.165) is 10.5 Å².